The van der Waals surface area contributed by atoms with Crippen molar-refractivity contribution in [3.63, 3.8) is 0 Å². The zero-order chi connectivity index (χ0) is 9.42. The van der Waals surface area contributed by atoms with Gasteiger partial charge >= 0.3 is 5.97 Å². The van der Waals surface area contributed by atoms with Gasteiger partial charge in [0.15, 0.2) is 0 Å². The Bertz CT molecular complexity index is 217. The summed E-state index contributed by atoms with van der Waals surface area (Å²) in [5.41, 5.74) is 5.66. The van der Waals surface area contributed by atoms with Crippen LogP contribution in [0.1, 0.15) is 19.3 Å². The molecule has 2 saturated carbocycles. The summed E-state index contributed by atoms with van der Waals surface area (Å²) in [6.07, 6.45) is 3.72. The van der Waals surface area contributed by atoms with Gasteiger partial charge in [0.1, 0.15) is 0 Å². The van der Waals surface area contributed by atoms with Gasteiger partial charge in [-0.25, -0.2) is 0 Å². The number of carbonyl (C=O) groups excluding carboxylic acids is 1. The van der Waals surface area contributed by atoms with Crippen LogP contribution in [0, 0.1) is 23.7 Å². The minimum absolute atomic E-state index is 0.0430. The fourth-order valence-corrected chi connectivity index (χ4v) is 3.24. The molecule has 2 aliphatic rings. The first-order chi connectivity index (χ1) is 6.29. The summed E-state index contributed by atoms with van der Waals surface area (Å²) in [6.45, 7) is 0.640. The van der Waals surface area contributed by atoms with Gasteiger partial charge in [-0.05, 0) is 37.1 Å². The van der Waals surface area contributed by atoms with Gasteiger partial charge in [-0.1, -0.05) is 6.42 Å². The smallest absolute Gasteiger partial charge is 0.309 e. The highest BCUT2D eigenvalue weighted by molar-refractivity contribution is 5.74. The highest BCUT2D eigenvalue weighted by atomic mass is 16.5. The van der Waals surface area contributed by atoms with Crippen molar-refractivity contribution < 1.29 is 9.53 Å². The number of ether oxygens (including phenoxy) is 1. The van der Waals surface area contributed by atoms with E-state index in [0.717, 1.165) is 0 Å². The Hall–Kier alpha value is -0.570. The normalized spacial score (nSPS) is 42.3. The van der Waals surface area contributed by atoms with Crippen LogP contribution in [0.25, 0.3) is 0 Å². The standard InChI is InChI=1S/C10H17NO2/c1-13-10(12)9-7-4-2-3-6(7)8(9)5-11/h6-9H,2-5,11H2,1H3. The molecule has 0 heterocycles. The van der Waals surface area contributed by atoms with Crippen LogP contribution in [0.4, 0.5) is 0 Å². The monoisotopic (exact) mass is 183 g/mol. The van der Waals surface area contributed by atoms with Crippen molar-refractivity contribution in [2.45, 2.75) is 19.3 Å². The minimum atomic E-state index is -0.0430. The number of carbonyl (C=O) groups is 1. The fourth-order valence-electron chi connectivity index (χ4n) is 3.24. The van der Waals surface area contributed by atoms with Gasteiger partial charge in [0, 0.05) is 0 Å². The Labute approximate surface area is 78.6 Å². The second-order valence-corrected chi connectivity index (χ2v) is 4.21. The van der Waals surface area contributed by atoms with Crippen LogP contribution in [-0.4, -0.2) is 19.6 Å². The molecular formula is C10H17NO2. The predicted molar refractivity (Wildman–Crippen MR) is 48.9 cm³/mol. The Morgan fingerprint density at radius 3 is 2.77 bits per heavy atom. The molecule has 0 aliphatic heterocycles. The quantitative estimate of drug-likeness (QED) is 0.644. The molecule has 0 spiro atoms. The third kappa shape index (κ3) is 1.17. The highest BCUT2D eigenvalue weighted by Crippen LogP contribution is 2.55. The molecule has 0 saturated heterocycles. The van der Waals surface area contributed by atoms with Crippen molar-refractivity contribution in [3.05, 3.63) is 0 Å². The first-order valence-corrected chi connectivity index (χ1v) is 5.07. The number of hydrogen-bond acceptors (Lipinski definition) is 3. The molecule has 2 rings (SSSR count). The summed E-state index contributed by atoms with van der Waals surface area (Å²) in [6, 6.07) is 0. The Kier molecular flexibility index (Phi) is 2.28. The second-order valence-electron chi connectivity index (χ2n) is 4.21. The topological polar surface area (TPSA) is 52.3 Å². The van der Waals surface area contributed by atoms with Crippen molar-refractivity contribution in [3.8, 4) is 0 Å². The maximum atomic E-state index is 11.4. The third-order valence-electron chi connectivity index (χ3n) is 3.84. The lowest BCUT2D eigenvalue weighted by atomic mass is 9.58. The van der Waals surface area contributed by atoms with E-state index in [9.17, 15) is 4.79 Å². The van der Waals surface area contributed by atoms with Crippen LogP contribution in [0.3, 0.4) is 0 Å². The van der Waals surface area contributed by atoms with E-state index in [1.165, 1.54) is 26.4 Å². The number of esters is 1. The van der Waals surface area contributed by atoms with E-state index in [4.69, 9.17) is 10.5 Å². The first-order valence-electron chi connectivity index (χ1n) is 5.07. The number of rotatable bonds is 2. The molecule has 4 atom stereocenters. The van der Waals surface area contributed by atoms with E-state index < -0.39 is 0 Å². The van der Waals surface area contributed by atoms with E-state index in [1.807, 2.05) is 0 Å². The molecule has 0 aromatic heterocycles. The molecular weight excluding hydrogens is 166 g/mol. The Morgan fingerprint density at radius 1 is 1.46 bits per heavy atom. The van der Waals surface area contributed by atoms with Gasteiger partial charge < -0.3 is 10.5 Å². The van der Waals surface area contributed by atoms with Crippen molar-refractivity contribution >= 4 is 5.97 Å². The third-order valence-corrected chi connectivity index (χ3v) is 3.84. The Morgan fingerprint density at radius 2 is 2.15 bits per heavy atom. The van der Waals surface area contributed by atoms with Gasteiger partial charge in [-0.2, -0.15) is 0 Å². The molecule has 2 aliphatic carbocycles. The van der Waals surface area contributed by atoms with Gasteiger partial charge in [0.2, 0.25) is 0 Å². The van der Waals surface area contributed by atoms with E-state index >= 15 is 0 Å². The molecule has 74 valence electrons. The maximum absolute atomic E-state index is 11.4. The molecule has 2 N–H and O–H groups in total. The van der Waals surface area contributed by atoms with Gasteiger partial charge in [-0.15, -0.1) is 0 Å². The van der Waals surface area contributed by atoms with Crippen LogP contribution < -0.4 is 5.73 Å². The largest absolute Gasteiger partial charge is 0.469 e. The zero-order valence-corrected chi connectivity index (χ0v) is 8.03. The van der Waals surface area contributed by atoms with Crippen LogP contribution in [0.2, 0.25) is 0 Å². The summed E-state index contributed by atoms with van der Waals surface area (Å²) in [5, 5.41) is 0. The van der Waals surface area contributed by atoms with Crippen molar-refractivity contribution in [2.75, 3.05) is 13.7 Å². The molecule has 0 aromatic rings. The average molecular weight is 183 g/mol. The molecule has 0 radical (unpaired) electrons. The van der Waals surface area contributed by atoms with Crippen molar-refractivity contribution in [1.29, 1.82) is 0 Å². The second kappa shape index (κ2) is 3.29. The molecule has 13 heavy (non-hydrogen) atoms. The predicted octanol–water partition coefficient (Wildman–Crippen LogP) is 0.780. The lowest BCUT2D eigenvalue weighted by molar-refractivity contribution is -0.160. The van der Waals surface area contributed by atoms with Gasteiger partial charge in [0.25, 0.3) is 0 Å². The summed E-state index contributed by atoms with van der Waals surface area (Å²) in [5.74, 6) is 1.77. The summed E-state index contributed by atoms with van der Waals surface area (Å²) >= 11 is 0. The molecule has 4 unspecified atom stereocenters. The van der Waals surface area contributed by atoms with E-state index in [-0.39, 0.29) is 11.9 Å². The van der Waals surface area contributed by atoms with Crippen LogP contribution >= 0.6 is 0 Å². The van der Waals surface area contributed by atoms with E-state index in [1.54, 1.807) is 0 Å². The first kappa shape index (κ1) is 9.00. The zero-order valence-electron chi connectivity index (χ0n) is 8.03. The minimum Gasteiger partial charge on any atom is -0.469 e. The number of nitrogens with two attached hydrogens (primary N) is 1. The van der Waals surface area contributed by atoms with Gasteiger partial charge in [-0.3, -0.25) is 4.79 Å². The van der Waals surface area contributed by atoms with Crippen LogP contribution in [0.15, 0.2) is 0 Å². The average Bonchev–Trinajstić information content (AvgIpc) is 2.50. The molecule has 0 amide bonds. The molecule has 3 nitrogen and oxygen atoms in total. The van der Waals surface area contributed by atoms with Crippen molar-refractivity contribution in [2.24, 2.45) is 29.4 Å². The lowest BCUT2D eigenvalue weighted by Gasteiger charge is -2.46. The molecule has 3 heteroatoms. The number of methoxy groups -OCH3 is 1. The summed E-state index contributed by atoms with van der Waals surface area (Å²) in [7, 11) is 1.47. The number of hydrogen-bond donors (Lipinski definition) is 1. The maximum Gasteiger partial charge on any atom is 0.309 e. The summed E-state index contributed by atoms with van der Waals surface area (Å²) in [4.78, 5) is 11.4. The lowest BCUT2D eigenvalue weighted by Crippen LogP contribution is -2.51. The molecule has 0 aromatic carbocycles. The molecule has 0 bridgehead atoms. The number of fused-ring (bicyclic) bond motifs is 1. The van der Waals surface area contributed by atoms with Gasteiger partial charge in [0.05, 0.1) is 13.0 Å². The fraction of sp³-hybridized carbons (Fsp3) is 0.900. The molecule has 2 fully saturated rings. The van der Waals surface area contributed by atoms with Crippen LogP contribution in [0.5, 0.6) is 0 Å². The van der Waals surface area contributed by atoms with Crippen LogP contribution in [-0.2, 0) is 9.53 Å². The Balaban J connectivity index is 2.06. The van der Waals surface area contributed by atoms with E-state index in [0.29, 0.717) is 24.3 Å². The summed E-state index contributed by atoms with van der Waals surface area (Å²) < 4.78 is 4.80. The van der Waals surface area contributed by atoms with E-state index in [2.05, 4.69) is 0 Å². The SMILES string of the molecule is COC(=O)C1C(CN)C2CCCC21. The van der Waals surface area contributed by atoms with Crippen molar-refractivity contribution in [1.82, 2.24) is 0 Å². The highest BCUT2D eigenvalue weighted by Gasteiger charge is 2.55.